The lowest BCUT2D eigenvalue weighted by atomic mass is 10.1. The number of esters is 3. The molecule has 190 valence electrons. The molecule has 0 bridgehead atoms. The highest BCUT2D eigenvalue weighted by atomic mass is 16.6. The Labute approximate surface area is 199 Å². The van der Waals surface area contributed by atoms with E-state index in [1.807, 2.05) is 0 Å². The van der Waals surface area contributed by atoms with Gasteiger partial charge >= 0.3 is 17.9 Å². The molecule has 0 aliphatic rings. The van der Waals surface area contributed by atoms with Gasteiger partial charge in [0, 0.05) is 18.4 Å². The molecule has 0 aliphatic carbocycles. The number of ketones is 1. The average Bonchev–Trinajstić information content (AvgIpc) is 2.82. The van der Waals surface area contributed by atoms with Gasteiger partial charge in [0.25, 0.3) is 0 Å². The number of unbranched alkanes of at least 4 members (excludes halogenated alkanes) is 8. The van der Waals surface area contributed by atoms with Gasteiger partial charge in [-0.1, -0.05) is 71.3 Å². The number of hydrogen-bond donors (Lipinski definition) is 0. The Morgan fingerprint density at radius 3 is 1.91 bits per heavy atom. The van der Waals surface area contributed by atoms with E-state index in [1.165, 1.54) is 45.4 Å². The smallest absolute Gasteiger partial charge is 0.333 e. The molecule has 0 fully saturated rings. The van der Waals surface area contributed by atoms with Gasteiger partial charge in [0.1, 0.15) is 24.9 Å². The summed E-state index contributed by atoms with van der Waals surface area (Å²) in [6, 6.07) is 0. The summed E-state index contributed by atoms with van der Waals surface area (Å²) < 4.78 is 15.7. The van der Waals surface area contributed by atoms with Crippen molar-refractivity contribution in [2.24, 2.45) is 5.92 Å². The highest BCUT2D eigenvalue weighted by molar-refractivity contribution is 5.98. The van der Waals surface area contributed by atoms with E-state index < -0.39 is 29.9 Å². The van der Waals surface area contributed by atoms with Crippen LogP contribution in [-0.4, -0.2) is 43.0 Å². The highest BCUT2D eigenvalue weighted by Crippen LogP contribution is 2.12. The van der Waals surface area contributed by atoms with Crippen molar-refractivity contribution in [3.05, 3.63) is 11.6 Å². The molecule has 0 saturated carbocycles. The quantitative estimate of drug-likeness (QED) is 0.0813. The minimum Gasteiger partial charge on any atom is -0.461 e. The van der Waals surface area contributed by atoms with Crippen LogP contribution in [0.5, 0.6) is 0 Å². The first kappa shape index (κ1) is 30.8. The van der Waals surface area contributed by atoms with Gasteiger partial charge in [-0.3, -0.25) is 14.4 Å². The first-order valence-electron chi connectivity index (χ1n) is 12.5. The van der Waals surface area contributed by atoms with E-state index in [9.17, 15) is 19.2 Å². The van der Waals surface area contributed by atoms with E-state index in [0.717, 1.165) is 19.3 Å². The Balaban J connectivity index is 4.50. The Morgan fingerprint density at radius 2 is 1.36 bits per heavy atom. The second-order valence-electron chi connectivity index (χ2n) is 8.43. The van der Waals surface area contributed by atoms with Crippen LogP contribution in [0.2, 0.25) is 0 Å². The van der Waals surface area contributed by atoms with Gasteiger partial charge in [-0.2, -0.15) is 0 Å². The lowest BCUT2D eigenvalue weighted by Crippen LogP contribution is -2.33. The molecule has 0 aromatic heterocycles. The normalized spacial score (nSPS) is 13.2. The van der Waals surface area contributed by atoms with Gasteiger partial charge < -0.3 is 14.2 Å². The summed E-state index contributed by atoms with van der Waals surface area (Å²) in [6.07, 6.45) is 11.4. The first-order chi connectivity index (χ1) is 15.8. The minimum atomic E-state index is -0.919. The molecule has 0 saturated heterocycles. The molecule has 0 amide bonds. The minimum absolute atomic E-state index is 0.225. The fourth-order valence-electron chi connectivity index (χ4n) is 3.08. The zero-order valence-electron chi connectivity index (χ0n) is 21.3. The van der Waals surface area contributed by atoms with Gasteiger partial charge in [-0.05, 0) is 27.2 Å². The molecule has 33 heavy (non-hydrogen) atoms. The first-order valence-corrected chi connectivity index (χ1v) is 12.5. The Hall–Kier alpha value is -2.18. The van der Waals surface area contributed by atoms with Gasteiger partial charge in [0.15, 0.2) is 6.10 Å². The van der Waals surface area contributed by atoms with Crippen molar-refractivity contribution in [3.63, 3.8) is 0 Å². The summed E-state index contributed by atoms with van der Waals surface area (Å²) in [5.74, 6) is -2.75. The third-order valence-corrected chi connectivity index (χ3v) is 5.53. The van der Waals surface area contributed by atoms with E-state index in [-0.39, 0.29) is 31.8 Å². The van der Waals surface area contributed by atoms with Crippen LogP contribution in [0.25, 0.3) is 0 Å². The van der Waals surface area contributed by atoms with Crippen LogP contribution in [-0.2, 0) is 33.4 Å². The molecule has 0 aliphatic heterocycles. The maximum atomic E-state index is 12.3. The fourth-order valence-corrected chi connectivity index (χ4v) is 3.08. The number of allylic oxidation sites excluding steroid dienone is 1. The lowest BCUT2D eigenvalue weighted by molar-refractivity contribution is -0.167. The molecule has 2 atom stereocenters. The van der Waals surface area contributed by atoms with E-state index in [4.69, 9.17) is 14.2 Å². The highest BCUT2D eigenvalue weighted by Gasteiger charge is 2.24. The van der Waals surface area contributed by atoms with Crippen LogP contribution in [0.15, 0.2) is 11.6 Å². The summed E-state index contributed by atoms with van der Waals surface area (Å²) in [7, 11) is 0. The van der Waals surface area contributed by atoms with Crippen molar-refractivity contribution in [2.45, 2.75) is 111 Å². The lowest BCUT2D eigenvalue weighted by Gasteiger charge is -2.19. The van der Waals surface area contributed by atoms with Gasteiger partial charge in [0.05, 0.1) is 0 Å². The molecule has 0 heterocycles. The van der Waals surface area contributed by atoms with Gasteiger partial charge in [-0.25, -0.2) is 4.79 Å². The largest absolute Gasteiger partial charge is 0.461 e. The summed E-state index contributed by atoms with van der Waals surface area (Å²) in [4.78, 5) is 47.9. The second-order valence-corrected chi connectivity index (χ2v) is 8.43. The standard InChI is InChI=1S/C26H44O7/c1-6-9-10-11-12-13-14-15-16-17-24(28)33-22(18-31-25(29)20(4)7-2)19-32-26(30)21(5)23(27)8-3/h7,21-22H,6,8-19H2,1-5H3/b20-7+. The molecular formula is C26H44O7. The predicted molar refractivity (Wildman–Crippen MR) is 128 cm³/mol. The second kappa shape index (κ2) is 19.3. The van der Waals surface area contributed by atoms with Gasteiger partial charge in [0.2, 0.25) is 0 Å². The van der Waals surface area contributed by atoms with E-state index in [0.29, 0.717) is 5.57 Å². The zero-order valence-corrected chi connectivity index (χ0v) is 21.3. The molecule has 0 aromatic carbocycles. The Bertz CT molecular complexity index is 624. The topological polar surface area (TPSA) is 96.0 Å². The molecule has 0 spiro atoms. The number of carbonyl (C=O) groups excluding carboxylic acids is 4. The summed E-state index contributed by atoms with van der Waals surface area (Å²) >= 11 is 0. The molecule has 0 N–H and O–H groups in total. The zero-order chi connectivity index (χ0) is 25.1. The summed E-state index contributed by atoms with van der Waals surface area (Å²) in [6.45, 7) is 8.19. The van der Waals surface area contributed by atoms with Crippen molar-refractivity contribution in [1.82, 2.24) is 0 Å². The predicted octanol–water partition coefficient (Wildman–Crippen LogP) is 5.49. The molecular weight excluding hydrogens is 424 g/mol. The van der Waals surface area contributed by atoms with E-state index in [2.05, 4.69) is 6.92 Å². The molecule has 7 nitrogen and oxygen atoms in total. The molecule has 0 rings (SSSR count). The maximum Gasteiger partial charge on any atom is 0.333 e. The average molecular weight is 469 g/mol. The van der Waals surface area contributed by atoms with Crippen molar-refractivity contribution in [1.29, 1.82) is 0 Å². The van der Waals surface area contributed by atoms with Crippen molar-refractivity contribution in [2.75, 3.05) is 13.2 Å². The Kier molecular flexibility index (Phi) is 18.0. The van der Waals surface area contributed by atoms with Crippen LogP contribution < -0.4 is 0 Å². The van der Waals surface area contributed by atoms with Crippen LogP contribution in [0.4, 0.5) is 0 Å². The van der Waals surface area contributed by atoms with Crippen molar-refractivity contribution in [3.8, 4) is 0 Å². The SMILES string of the molecule is C/C=C(\C)C(=O)OCC(COC(=O)C(C)C(=O)CC)OC(=O)CCCCCCCCCCC. The number of Topliss-reactive ketones (excluding diaryl/α,β-unsaturated/α-hetero) is 1. The monoisotopic (exact) mass is 468 g/mol. The summed E-state index contributed by atoms with van der Waals surface area (Å²) in [5.41, 5.74) is 0.425. The molecule has 0 radical (unpaired) electrons. The van der Waals surface area contributed by atoms with Crippen molar-refractivity contribution >= 4 is 23.7 Å². The number of ether oxygens (including phenoxy) is 3. The number of rotatable bonds is 19. The van der Waals surface area contributed by atoms with Crippen LogP contribution >= 0.6 is 0 Å². The molecule has 0 aromatic rings. The van der Waals surface area contributed by atoms with Gasteiger partial charge in [-0.15, -0.1) is 0 Å². The summed E-state index contributed by atoms with van der Waals surface area (Å²) in [5, 5.41) is 0. The maximum absolute atomic E-state index is 12.3. The van der Waals surface area contributed by atoms with Crippen LogP contribution in [0.1, 0.15) is 105 Å². The number of hydrogen-bond acceptors (Lipinski definition) is 7. The van der Waals surface area contributed by atoms with E-state index in [1.54, 1.807) is 26.8 Å². The third kappa shape index (κ3) is 15.3. The van der Waals surface area contributed by atoms with Crippen LogP contribution in [0, 0.1) is 5.92 Å². The Morgan fingerprint density at radius 1 is 0.818 bits per heavy atom. The number of carbonyl (C=O) groups is 4. The third-order valence-electron chi connectivity index (χ3n) is 5.53. The van der Waals surface area contributed by atoms with E-state index >= 15 is 0 Å². The van der Waals surface area contributed by atoms with Crippen molar-refractivity contribution < 1.29 is 33.4 Å². The fraction of sp³-hybridized carbons (Fsp3) is 0.769. The molecule has 2 unspecified atom stereocenters. The van der Waals surface area contributed by atoms with Crippen LogP contribution in [0.3, 0.4) is 0 Å². The molecule has 7 heteroatoms.